The molecule has 8 aromatic heterocycles. The number of hydrogen-bond donors (Lipinski definition) is 3. The molecular formula is C54H64ClN13O4S13. The highest BCUT2D eigenvalue weighted by molar-refractivity contribution is 8.75. The van der Waals surface area contributed by atoms with Crippen molar-refractivity contribution in [2.24, 2.45) is 0 Å². The molecule has 0 aliphatic heterocycles. The molecule has 2 saturated carbocycles. The van der Waals surface area contributed by atoms with Crippen molar-refractivity contribution in [3.8, 4) is 33.8 Å². The van der Waals surface area contributed by atoms with Crippen LogP contribution in [-0.2, 0) is 140 Å². The Hall–Kier alpha value is -4.41. The van der Waals surface area contributed by atoms with Crippen molar-refractivity contribution in [3.63, 3.8) is 0 Å². The van der Waals surface area contributed by atoms with E-state index in [1.807, 2.05) is 64.6 Å². The van der Waals surface area contributed by atoms with Crippen molar-refractivity contribution in [1.29, 1.82) is 0 Å². The second-order valence-electron chi connectivity index (χ2n) is 19.5. The van der Waals surface area contributed by atoms with Gasteiger partial charge in [-0.25, -0.2) is 19.9 Å². The third-order valence-electron chi connectivity index (χ3n) is 14.4. The number of H-pyrrole nitrogens is 2. The molecule has 85 heavy (non-hydrogen) atoms. The number of nitrogen functional groups attached to an aromatic ring is 1. The van der Waals surface area contributed by atoms with Gasteiger partial charge in [-0.15, -0.1) is 0 Å². The number of halogens is 1. The Labute approximate surface area is 539 Å². The van der Waals surface area contributed by atoms with Gasteiger partial charge in [0, 0.05) is 202 Å². The Kier molecular flexibility index (Phi) is 24.4. The quantitative estimate of drug-likeness (QED) is 0.109. The van der Waals surface area contributed by atoms with Crippen molar-refractivity contribution in [2.45, 2.75) is 133 Å². The number of aromatic nitrogens is 12. The Morgan fingerprint density at radius 1 is 0.624 bits per heavy atom. The molecule has 0 unspecified atom stereocenters. The van der Waals surface area contributed by atoms with Crippen LogP contribution in [0.3, 0.4) is 0 Å². The van der Waals surface area contributed by atoms with Gasteiger partial charge in [0.25, 0.3) is 0 Å². The molecule has 0 saturated heterocycles. The van der Waals surface area contributed by atoms with E-state index in [1.165, 1.54) is 67.5 Å². The fourth-order valence-electron chi connectivity index (χ4n) is 10.2. The SMILES string of the molecule is C.CCn1cc(Cc2nc(C)nc3[nH]c4cc(-c5c(C)noc5C)c(OC)cc4c23)c(C2CCC2)n1.CCn1cc(N)c(C2CCC2)n1.COc1cc2c(cc1-c1c(C)noc1C)[nH]c1nc(C)nc(Cl)c12.S=S=S=S=S=S=S=S=S=S=S=S=S. The van der Waals surface area contributed by atoms with Crippen LogP contribution in [0.5, 0.6) is 11.5 Å². The smallest absolute Gasteiger partial charge is 0.143 e. The zero-order chi connectivity index (χ0) is 59.6. The average molecular weight is 1410 g/mol. The lowest BCUT2D eigenvalue weighted by Crippen LogP contribution is -2.12. The number of nitrogens with one attached hydrogen (secondary N) is 2. The molecule has 0 amide bonds. The number of methoxy groups -OCH3 is 2. The minimum absolute atomic E-state index is 0. The van der Waals surface area contributed by atoms with Crippen LogP contribution in [0, 0.1) is 41.5 Å². The maximum atomic E-state index is 6.33. The summed E-state index contributed by atoms with van der Waals surface area (Å²) in [7, 11) is 21.4. The Balaban J connectivity index is 0.000000162. The van der Waals surface area contributed by atoms with Crippen LogP contribution in [0.4, 0.5) is 5.69 Å². The molecule has 10 aromatic rings. The van der Waals surface area contributed by atoms with Gasteiger partial charge in [-0.2, -0.15) is 10.2 Å². The van der Waals surface area contributed by atoms with E-state index >= 15 is 0 Å². The number of benzene rings is 2. The molecule has 454 valence electrons. The summed E-state index contributed by atoms with van der Waals surface area (Å²) in [5, 5.41) is 21.8. The van der Waals surface area contributed by atoms with E-state index in [0.29, 0.717) is 28.5 Å². The maximum Gasteiger partial charge on any atom is 0.143 e. The number of rotatable bonds is 10. The van der Waals surface area contributed by atoms with Gasteiger partial charge in [0.15, 0.2) is 0 Å². The zero-order valence-corrected chi connectivity index (χ0v) is 58.7. The largest absolute Gasteiger partial charge is 0.496 e. The lowest BCUT2D eigenvalue weighted by Gasteiger charge is -2.24. The van der Waals surface area contributed by atoms with E-state index in [9.17, 15) is 0 Å². The lowest BCUT2D eigenvalue weighted by molar-refractivity contribution is 0.393. The number of ether oxygens (including phenoxy) is 2. The molecular weight excluding hydrogens is 1350 g/mol. The minimum atomic E-state index is 0. The van der Waals surface area contributed by atoms with Gasteiger partial charge in [0.2, 0.25) is 0 Å². The van der Waals surface area contributed by atoms with Crippen LogP contribution in [0.15, 0.2) is 45.7 Å². The number of hydrogen-bond acceptors (Lipinski definition) is 15. The molecule has 2 aliphatic rings. The summed E-state index contributed by atoms with van der Waals surface area (Å²) in [6.45, 7) is 17.4. The Bertz CT molecular complexity index is 4540. The highest BCUT2D eigenvalue weighted by Gasteiger charge is 2.28. The van der Waals surface area contributed by atoms with E-state index < -0.39 is 0 Å². The fourth-order valence-corrected chi connectivity index (χ4v) is 35.2. The van der Waals surface area contributed by atoms with Gasteiger partial charge in [0.05, 0.1) is 64.9 Å². The summed E-state index contributed by atoms with van der Waals surface area (Å²) in [5.74, 6) is 5.60. The first-order chi connectivity index (χ1) is 40.7. The standard InChI is InChI=1S/C27H30N6O2.C17H15ClN4O2.C9H15N3.CH4.S13/c1-6-33-13-18(26(31-33)17-8-7-9-17)10-22-25-19-12-23(34-5)20(24-14(2)32-35-15(24)3)11-21(19)30-27(25)29-16(4)28-22;1-7-14(8(2)24-22-7)11-5-12-10(6-13(11)23-4)15-16(18)19-9(3)20-17(15)21-12;1-2-12-6-8(10)9(11-12)7-4-3-5-7;;1-3-5-7-9-11-13-12-10-8-6-4-2/h11-13,17H,6-10H2,1-5H3,(H,28,29,30);5-6H,1-4H3,(H,19,20,21);6-7H,2-5,10H2,1H3;1H4;. The van der Waals surface area contributed by atoms with Crippen LogP contribution in [0.1, 0.15) is 129 Å². The van der Waals surface area contributed by atoms with Gasteiger partial charge >= 0.3 is 0 Å². The van der Waals surface area contributed by atoms with Crippen LogP contribution in [0.2, 0.25) is 5.15 Å². The molecule has 0 spiro atoms. The van der Waals surface area contributed by atoms with Gasteiger partial charge in [-0.05, 0) is 111 Å². The summed E-state index contributed by atoms with van der Waals surface area (Å²) in [4.78, 5) is 25.2. The van der Waals surface area contributed by atoms with Gasteiger partial charge in [-0.3, -0.25) is 9.36 Å². The molecule has 12 rings (SSSR count). The summed E-state index contributed by atoms with van der Waals surface area (Å²) in [6.07, 6.45) is 12.5. The highest BCUT2D eigenvalue weighted by Crippen LogP contribution is 2.43. The fraction of sp³-hybridized carbons (Fsp3) is 0.407. The number of nitrogens with zero attached hydrogens (tertiary/aromatic N) is 10. The first kappa shape index (κ1) is 66.5. The number of nitrogens with two attached hydrogens (primary N) is 1. The predicted molar refractivity (Wildman–Crippen MR) is 379 cm³/mol. The van der Waals surface area contributed by atoms with E-state index in [1.54, 1.807) is 94.1 Å². The minimum Gasteiger partial charge on any atom is -0.496 e. The topological polar surface area (TPSA) is 215 Å². The molecule has 0 bridgehead atoms. The Morgan fingerprint density at radius 2 is 1.07 bits per heavy atom. The van der Waals surface area contributed by atoms with Crippen LogP contribution in [0.25, 0.3) is 66.1 Å². The summed E-state index contributed by atoms with van der Waals surface area (Å²) < 4.78 is 26.1. The van der Waals surface area contributed by atoms with Crippen LogP contribution >= 0.6 is 11.6 Å². The summed E-state index contributed by atoms with van der Waals surface area (Å²) >= 11 is 15.7. The third-order valence-corrected chi connectivity index (χ3v) is 36.9. The van der Waals surface area contributed by atoms with Crippen molar-refractivity contribution in [2.75, 3.05) is 20.0 Å². The Morgan fingerprint density at radius 3 is 1.51 bits per heavy atom. The molecule has 4 N–H and O–H groups in total. The third kappa shape index (κ3) is 15.5. The highest BCUT2D eigenvalue weighted by atomic mass is 35.5. The lowest BCUT2D eigenvalue weighted by atomic mass is 9.81. The van der Waals surface area contributed by atoms with Crippen molar-refractivity contribution in [1.82, 2.24) is 59.8 Å². The van der Waals surface area contributed by atoms with Gasteiger partial charge in [0.1, 0.15) is 51.1 Å². The number of anilines is 1. The number of aryl methyl sites for hydroxylation is 8. The van der Waals surface area contributed by atoms with Gasteiger partial charge in [-0.1, -0.05) is 42.2 Å². The van der Waals surface area contributed by atoms with Gasteiger partial charge < -0.3 is 34.2 Å². The zero-order valence-electron chi connectivity index (χ0n) is 47.4. The summed E-state index contributed by atoms with van der Waals surface area (Å²) in [5.41, 5.74) is 20.2. The summed E-state index contributed by atoms with van der Waals surface area (Å²) in [6, 6.07) is 8.14. The van der Waals surface area contributed by atoms with E-state index in [4.69, 9.17) is 73.3 Å². The molecule has 17 nitrogen and oxygen atoms in total. The maximum absolute atomic E-state index is 6.33. The van der Waals surface area contributed by atoms with E-state index in [0.717, 1.165) is 137 Å². The second-order valence-corrected chi connectivity index (χ2v) is 39.3. The van der Waals surface area contributed by atoms with E-state index in [-0.39, 0.29) is 7.43 Å². The monoisotopic (exact) mass is 1410 g/mol. The molecule has 8 heterocycles. The van der Waals surface area contributed by atoms with E-state index in [2.05, 4.69) is 72.2 Å². The number of aromatic amines is 2. The van der Waals surface area contributed by atoms with Crippen LogP contribution in [-0.4, -0.2) is 74.0 Å². The molecule has 31 heteroatoms. The number of fused-ring (bicyclic) bond motifs is 6. The first-order valence-corrected chi connectivity index (χ1v) is 42.8. The normalized spacial score (nSPS) is 12.7. The molecule has 0 radical (unpaired) electrons. The average Bonchev–Trinajstić information content (AvgIpc) is 3.94. The molecule has 2 aromatic carbocycles. The molecule has 2 aliphatic carbocycles. The molecule has 2 fully saturated rings. The van der Waals surface area contributed by atoms with Crippen molar-refractivity contribution in [3.05, 3.63) is 99.0 Å². The van der Waals surface area contributed by atoms with Crippen LogP contribution < -0.4 is 15.2 Å². The van der Waals surface area contributed by atoms with Crippen molar-refractivity contribution < 1.29 is 18.5 Å². The van der Waals surface area contributed by atoms with Crippen molar-refractivity contribution >= 4 is 181 Å². The second kappa shape index (κ2) is 31.2. The first-order valence-electron chi connectivity index (χ1n) is 26.4. The molecule has 0 atom stereocenters. The predicted octanol–water partition coefficient (Wildman–Crippen LogP) is 12.5.